The summed E-state index contributed by atoms with van der Waals surface area (Å²) in [5, 5.41) is 0. The highest BCUT2D eigenvalue weighted by Crippen LogP contribution is 2.32. The van der Waals surface area contributed by atoms with Crippen LogP contribution >= 0.6 is 43.2 Å². The van der Waals surface area contributed by atoms with Gasteiger partial charge in [0.05, 0.1) is 14.1 Å². The molecule has 0 atom stereocenters. The first-order chi connectivity index (χ1) is 7.99. The second-order valence-electron chi connectivity index (χ2n) is 3.79. The summed E-state index contributed by atoms with van der Waals surface area (Å²) in [7, 11) is 1.74. The number of hydrogen-bond donors (Lipinski definition) is 0. The predicted octanol–water partition coefficient (Wildman–Crippen LogP) is 2.82. The maximum Gasteiger partial charge on any atom is 0.320 e. The molecule has 1 saturated heterocycles. The highest BCUT2D eigenvalue weighted by molar-refractivity contribution is 9.12. The summed E-state index contributed by atoms with van der Waals surface area (Å²) < 4.78 is 1.70. The van der Waals surface area contributed by atoms with E-state index in [2.05, 4.69) is 31.9 Å². The minimum atomic E-state index is -0.0798. The normalized spacial score (nSPS) is 15.8. The number of thiophene rings is 1. The van der Waals surface area contributed by atoms with Crippen LogP contribution in [0, 0.1) is 0 Å². The lowest BCUT2D eigenvalue weighted by molar-refractivity contribution is 0.0951. The highest BCUT2D eigenvalue weighted by atomic mass is 79.9. The van der Waals surface area contributed by atoms with Crippen molar-refractivity contribution in [1.29, 1.82) is 0 Å². The predicted molar refractivity (Wildman–Crippen MR) is 73.6 cm³/mol. The molecule has 0 bridgehead atoms. The van der Waals surface area contributed by atoms with Crippen LogP contribution in [0.5, 0.6) is 0 Å². The lowest BCUT2D eigenvalue weighted by Gasteiger charge is -2.14. The fraction of sp³-hybridized carbons (Fsp3) is 0.400. The van der Waals surface area contributed by atoms with Gasteiger partial charge in [0.1, 0.15) is 0 Å². The van der Waals surface area contributed by atoms with Gasteiger partial charge in [-0.3, -0.25) is 4.79 Å². The Kier molecular flexibility index (Phi) is 3.89. The Balaban J connectivity index is 2.07. The van der Waals surface area contributed by atoms with Crippen LogP contribution in [0.2, 0.25) is 0 Å². The van der Waals surface area contributed by atoms with Crippen LogP contribution in [0.3, 0.4) is 0 Å². The molecular formula is C10H10Br2N2O2S. The van der Waals surface area contributed by atoms with Crippen molar-refractivity contribution in [3.8, 4) is 0 Å². The van der Waals surface area contributed by atoms with Crippen molar-refractivity contribution >= 4 is 55.0 Å². The SMILES string of the molecule is CN1CCN(CC(=O)c2cc(Br)sc2Br)C1=O. The van der Waals surface area contributed by atoms with Gasteiger partial charge in [-0.2, -0.15) is 0 Å². The standard InChI is InChI=1S/C10H10Br2N2O2S/c1-13-2-3-14(10(13)16)5-7(15)6-4-8(11)17-9(6)12/h4H,2-3,5H2,1H3. The second-order valence-corrected chi connectivity index (χ2v) is 7.54. The van der Waals surface area contributed by atoms with Crippen LogP contribution in [-0.4, -0.2) is 48.3 Å². The van der Waals surface area contributed by atoms with Gasteiger partial charge < -0.3 is 9.80 Å². The van der Waals surface area contributed by atoms with Gasteiger partial charge in [-0.15, -0.1) is 11.3 Å². The van der Waals surface area contributed by atoms with Crippen LogP contribution in [0.4, 0.5) is 4.79 Å². The van der Waals surface area contributed by atoms with Crippen molar-refractivity contribution in [2.24, 2.45) is 0 Å². The molecule has 0 aliphatic carbocycles. The van der Waals surface area contributed by atoms with Crippen LogP contribution < -0.4 is 0 Å². The topological polar surface area (TPSA) is 40.6 Å². The Morgan fingerprint density at radius 1 is 1.47 bits per heavy atom. The van der Waals surface area contributed by atoms with E-state index in [9.17, 15) is 9.59 Å². The zero-order valence-corrected chi connectivity index (χ0v) is 13.1. The molecule has 2 amide bonds. The smallest absolute Gasteiger partial charge is 0.320 e. The molecule has 1 aliphatic heterocycles. The number of nitrogens with zero attached hydrogens (tertiary/aromatic N) is 2. The molecule has 2 rings (SSSR count). The van der Waals surface area contributed by atoms with E-state index in [1.807, 2.05) is 0 Å². The van der Waals surface area contributed by atoms with E-state index in [4.69, 9.17) is 0 Å². The summed E-state index contributed by atoms with van der Waals surface area (Å²) >= 11 is 8.14. The number of hydrogen-bond acceptors (Lipinski definition) is 3. The molecule has 92 valence electrons. The van der Waals surface area contributed by atoms with Crippen molar-refractivity contribution in [2.45, 2.75) is 0 Å². The van der Waals surface area contributed by atoms with Gasteiger partial charge in [-0.1, -0.05) is 0 Å². The van der Waals surface area contributed by atoms with Gasteiger partial charge in [0.25, 0.3) is 0 Å². The summed E-state index contributed by atoms with van der Waals surface area (Å²) in [6.07, 6.45) is 0. The van der Waals surface area contributed by atoms with Gasteiger partial charge in [0.2, 0.25) is 0 Å². The number of carbonyl (C=O) groups excluding carboxylic acids is 2. The first-order valence-corrected chi connectivity index (χ1v) is 7.37. The number of ketones is 1. The largest absolute Gasteiger partial charge is 0.326 e. The average Bonchev–Trinajstić information content (AvgIpc) is 2.75. The molecule has 1 aromatic heterocycles. The number of halogens is 2. The number of carbonyl (C=O) groups is 2. The Morgan fingerprint density at radius 2 is 2.18 bits per heavy atom. The molecule has 0 saturated carbocycles. The fourth-order valence-electron chi connectivity index (χ4n) is 1.64. The monoisotopic (exact) mass is 380 g/mol. The Morgan fingerprint density at radius 3 is 2.65 bits per heavy atom. The molecule has 7 heteroatoms. The first-order valence-electron chi connectivity index (χ1n) is 4.97. The molecule has 2 heterocycles. The minimum Gasteiger partial charge on any atom is -0.326 e. The molecule has 0 radical (unpaired) electrons. The van der Waals surface area contributed by atoms with Crippen molar-refractivity contribution in [2.75, 3.05) is 26.7 Å². The minimum absolute atomic E-state index is 0.0394. The van der Waals surface area contributed by atoms with E-state index in [1.165, 1.54) is 11.3 Å². The summed E-state index contributed by atoms with van der Waals surface area (Å²) in [5.41, 5.74) is 0.629. The molecule has 0 spiro atoms. The Bertz CT molecular complexity index is 475. The summed E-state index contributed by atoms with van der Waals surface area (Å²) in [5.74, 6) is -0.0394. The molecule has 1 fully saturated rings. The van der Waals surface area contributed by atoms with E-state index >= 15 is 0 Å². The van der Waals surface area contributed by atoms with Gasteiger partial charge in [-0.25, -0.2) is 4.79 Å². The van der Waals surface area contributed by atoms with Crippen molar-refractivity contribution < 1.29 is 9.59 Å². The third-order valence-corrected chi connectivity index (χ3v) is 4.93. The molecule has 17 heavy (non-hydrogen) atoms. The number of rotatable bonds is 3. The van der Waals surface area contributed by atoms with Gasteiger partial charge >= 0.3 is 6.03 Å². The number of likely N-dealkylation sites (N-methyl/N-ethyl adjacent to an activating group) is 1. The molecule has 1 aliphatic rings. The lowest BCUT2D eigenvalue weighted by atomic mass is 10.2. The molecule has 0 N–H and O–H groups in total. The van der Waals surface area contributed by atoms with E-state index in [0.29, 0.717) is 18.7 Å². The van der Waals surface area contributed by atoms with Crippen LogP contribution in [0.1, 0.15) is 10.4 Å². The zero-order valence-electron chi connectivity index (χ0n) is 9.07. The van der Waals surface area contributed by atoms with Crippen LogP contribution in [-0.2, 0) is 0 Å². The van der Waals surface area contributed by atoms with Crippen LogP contribution in [0.15, 0.2) is 13.6 Å². The summed E-state index contributed by atoms with van der Waals surface area (Å²) in [6.45, 7) is 1.44. The van der Waals surface area contributed by atoms with Gasteiger partial charge in [0, 0.05) is 25.7 Å². The maximum absolute atomic E-state index is 12.0. The zero-order chi connectivity index (χ0) is 12.6. The van der Waals surface area contributed by atoms with Gasteiger partial charge in [0.15, 0.2) is 5.78 Å². The number of Topliss-reactive ketones (excluding diaryl/α,β-unsaturated/α-hetero) is 1. The first kappa shape index (κ1) is 13.0. The molecular weight excluding hydrogens is 372 g/mol. The molecule has 1 aromatic rings. The number of amides is 2. The van der Waals surface area contributed by atoms with Crippen molar-refractivity contribution in [3.63, 3.8) is 0 Å². The molecule has 0 unspecified atom stereocenters. The quantitative estimate of drug-likeness (QED) is 0.755. The van der Waals surface area contributed by atoms with E-state index in [1.54, 1.807) is 22.9 Å². The maximum atomic E-state index is 12.0. The van der Waals surface area contributed by atoms with E-state index < -0.39 is 0 Å². The average molecular weight is 382 g/mol. The Hall–Kier alpha value is -0.400. The molecule has 0 aromatic carbocycles. The third-order valence-electron chi connectivity index (χ3n) is 2.59. The van der Waals surface area contributed by atoms with Crippen molar-refractivity contribution in [3.05, 3.63) is 19.2 Å². The summed E-state index contributed by atoms with van der Waals surface area (Å²) in [6, 6.07) is 1.70. The van der Waals surface area contributed by atoms with Crippen molar-refractivity contribution in [1.82, 2.24) is 9.80 Å². The van der Waals surface area contributed by atoms with Crippen LogP contribution in [0.25, 0.3) is 0 Å². The van der Waals surface area contributed by atoms with Gasteiger partial charge in [-0.05, 0) is 37.9 Å². The highest BCUT2D eigenvalue weighted by Gasteiger charge is 2.28. The van der Waals surface area contributed by atoms with E-state index in [-0.39, 0.29) is 18.4 Å². The fourth-order valence-corrected chi connectivity index (χ4v) is 4.49. The molecule has 4 nitrogen and oxygen atoms in total. The number of urea groups is 1. The third kappa shape index (κ3) is 2.71. The van der Waals surface area contributed by atoms with E-state index in [0.717, 1.165) is 7.57 Å². The summed E-state index contributed by atoms with van der Waals surface area (Å²) in [4.78, 5) is 26.9. The second kappa shape index (κ2) is 5.07. The lowest BCUT2D eigenvalue weighted by Crippen LogP contribution is -2.33. The Labute approximate surface area is 120 Å².